The summed E-state index contributed by atoms with van der Waals surface area (Å²) >= 11 is 0. The minimum atomic E-state index is -1.16. The molecule has 1 heterocycles. The molecule has 0 unspecified atom stereocenters. The van der Waals surface area contributed by atoms with Gasteiger partial charge in [-0.2, -0.15) is 0 Å². The molecular formula is C32H22N2O4. The van der Waals surface area contributed by atoms with Crippen LogP contribution in [0.3, 0.4) is 0 Å². The Hall–Kier alpha value is -5.36. The molecule has 38 heavy (non-hydrogen) atoms. The maximum Gasteiger partial charge on any atom is 0.337 e. The van der Waals surface area contributed by atoms with E-state index in [9.17, 15) is 19.5 Å². The quantitative estimate of drug-likeness (QED) is 0.267. The Kier molecular flexibility index (Phi) is 6.87. The summed E-state index contributed by atoms with van der Waals surface area (Å²) in [6, 6.07) is 35.7. The highest BCUT2D eigenvalue weighted by molar-refractivity contribution is 6.27. The van der Waals surface area contributed by atoms with E-state index in [-0.39, 0.29) is 11.4 Å². The first-order valence-corrected chi connectivity index (χ1v) is 11.9. The van der Waals surface area contributed by atoms with Gasteiger partial charge in [0.2, 0.25) is 0 Å². The number of pyridine rings is 1. The van der Waals surface area contributed by atoms with Crippen molar-refractivity contribution < 1.29 is 19.5 Å². The molecule has 184 valence electrons. The third kappa shape index (κ3) is 4.83. The standard InChI is InChI=1S/C32H22N2O4/c35-30(27-17-9-7-15-25(27)22-11-3-1-4-12-22)34(29-20-19-24(21-33-29)32(37)38)31(36)28-18-10-8-16-26(28)23-13-5-2-6-14-23/h1-21H,(H,37,38). The summed E-state index contributed by atoms with van der Waals surface area (Å²) in [5.74, 6) is -2.28. The van der Waals surface area contributed by atoms with Gasteiger partial charge in [-0.15, -0.1) is 0 Å². The fraction of sp³-hybridized carbons (Fsp3) is 0. The van der Waals surface area contributed by atoms with Gasteiger partial charge in [0.25, 0.3) is 11.8 Å². The van der Waals surface area contributed by atoms with Crippen molar-refractivity contribution in [3.05, 3.63) is 144 Å². The molecule has 0 spiro atoms. The van der Waals surface area contributed by atoms with E-state index in [1.807, 2.05) is 84.9 Å². The van der Waals surface area contributed by atoms with Crippen LogP contribution in [-0.4, -0.2) is 27.9 Å². The lowest BCUT2D eigenvalue weighted by molar-refractivity contribution is 0.0696. The fourth-order valence-corrected chi connectivity index (χ4v) is 4.26. The van der Waals surface area contributed by atoms with Crippen molar-refractivity contribution in [3.8, 4) is 22.3 Å². The molecule has 4 aromatic carbocycles. The Morgan fingerprint density at radius 2 is 1.00 bits per heavy atom. The zero-order chi connectivity index (χ0) is 26.5. The van der Waals surface area contributed by atoms with Gasteiger partial charge in [0.05, 0.1) is 5.56 Å². The Labute approximate surface area is 219 Å². The second-order valence-corrected chi connectivity index (χ2v) is 8.48. The van der Waals surface area contributed by atoms with Crippen LogP contribution in [0.4, 0.5) is 5.82 Å². The molecule has 1 aromatic heterocycles. The number of rotatable bonds is 6. The van der Waals surface area contributed by atoms with Crippen LogP contribution < -0.4 is 4.90 Å². The molecule has 0 radical (unpaired) electrons. The number of aromatic carboxylic acids is 1. The summed E-state index contributed by atoms with van der Waals surface area (Å²) in [6.07, 6.45) is 1.14. The molecule has 1 N–H and O–H groups in total. The summed E-state index contributed by atoms with van der Waals surface area (Å²) in [7, 11) is 0. The van der Waals surface area contributed by atoms with E-state index in [0.717, 1.165) is 22.2 Å². The van der Waals surface area contributed by atoms with Gasteiger partial charge < -0.3 is 5.11 Å². The first-order chi connectivity index (χ1) is 18.5. The van der Waals surface area contributed by atoms with Crippen molar-refractivity contribution in [1.29, 1.82) is 0 Å². The van der Waals surface area contributed by atoms with E-state index in [1.165, 1.54) is 12.1 Å². The molecule has 0 aliphatic rings. The van der Waals surface area contributed by atoms with Gasteiger partial charge in [-0.3, -0.25) is 9.59 Å². The van der Waals surface area contributed by atoms with Crippen molar-refractivity contribution in [2.24, 2.45) is 0 Å². The highest BCUT2D eigenvalue weighted by Crippen LogP contribution is 2.30. The molecule has 6 nitrogen and oxygen atoms in total. The van der Waals surface area contributed by atoms with Crippen molar-refractivity contribution in [3.63, 3.8) is 0 Å². The van der Waals surface area contributed by atoms with Gasteiger partial charge in [-0.25, -0.2) is 14.7 Å². The Bertz CT molecular complexity index is 1520. The van der Waals surface area contributed by atoms with Crippen LogP contribution in [0.5, 0.6) is 0 Å². The maximum absolute atomic E-state index is 14.2. The number of benzene rings is 4. The third-order valence-corrected chi connectivity index (χ3v) is 6.11. The monoisotopic (exact) mass is 498 g/mol. The van der Waals surface area contributed by atoms with Gasteiger partial charge in [-0.1, -0.05) is 97.1 Å². The Balaban J connectivity index is 1.66. The topological polar surface area (TPSA) is 87.6 Å². The molecule has 5 rings (SSSR count). The molecule has 0 atom stereocenters. The summed E-state index contributed by atoms with van der Waals surface area (Å²) in [6.45, 7) is 0. The van der Waals surface area contributed by atoms with E-state index in [4.69, 9.17) is 0 Å². The van der Waals surface area contributed by atoms with Crippen LogP contribution in [0.15, 0.2) is 128 Å². The highest BCUT2D eigenvalue weighted by atomic mass is 16.4. The Morgan fingerprint density at radius 1 is 0.553 bits per heavy atom. The third-order valence-electron chi connectivity index (χ3n) is 6.11. The van der Waals surface area contributed by atoms with Gasteiger partial charge in [0.1, 0.15) is 5.82 Å². The molecule has 5 aromatic rings. The number of carboxylic acid groups (broad SMARTS) is 1. The first kappa shape index (κ1) is 24.3. The fourth-order valence-electron chi connectivity index (χ4n) is 4.26. The minimum absolute atomic E-state index is 0.0238. The molecule has 0 saturated heterocycles. The molecule has 0 fully saturated rings. The van der Waals surface area contributed by atoms with Crippen molar-refractivity contribution in [1.82, 2.24) is 4.98 Å². The molecule has 0 aliphatic carbocycles. The number of imide groups is 1. The second kappa shape index (κ2) is 10.7. The lowest BCUT2D eigenvalue weighted by Crippen LogP contribution is -2.38. The number of nitrogens with zero attached hydrogens (tertiary/aromatic N) is 2. The highest BCUT2D eigenvalue weighted by Gasteiger charge is 2.30. The number of carboxylic acids is 1. The summed E-state index contributed by atoms with van der Waals surface area (Å²) in [5, 5.41) is 9.33. The average molecular weight is 499 g/mol. The molecular weight excluding hydrogens is 476 g/mol. The number of amides is 2. The number of aromatic nitrogens is 1. The minimum Gasteiger partial charge on any atom is -0.478 e. The number of hydrogen-bond donors (Lipinski definition) is 1. The van der Waals surface area contributed by atoms with Gasteiger partial charge in [0.15, 0.2) is 0 Å². The average Bonchev–Trinajstić information content (AvgIpc) is 2.98. The van der Waals surface area contributed by atoms with E-state index in [2.05, 4.69) is 4.98 Å². The van der Waals surface area contributed by atoms with Gasteiger partial charge in [-0.05, 0) is 46.5 Å². The lowest BCUT2D eigenvalue weighted by Gasteiger charge is -2.23. The van der Waals surface area contributed by atoms with Crippen molar-refractivity contribution in [2.75, 3.05) is 4.90 Å². The maximum atomic E-state index is 14.2. The van der Waals surface area contributed by atoms with Crippen LogP contribution >= 0.6 is 0 Å². The molecule has 0 bridgehead atoms. The number of carbonyl (C=O) groups excluding carboxylic acids is 2. The zero-order valence-corrected chi connectivity index (χ0v) is 20.2. The molecule has 2 amide bonds. The number of hydrogen-bond acceptors (Lipinski definition) is 4. The van der Waals surface area contributed by atoms with E-state index < -0.39 is 17.8 Å². The van der Waals surface area contributed by atoms with Crippen molar-refractivity contribution in [2.45, 2.75) is 0 Å². The second-order valence-electron chi connectivity index (χ2n) is 8.48. The molecule has 0 saturated carbocycles. The first-order valence-electron chi connectivity index (χ1n) is 11.9. The zero-order valence-electron chi connectivity index (χ0n) is 20.2. The van der Waals surface area contributed by atoms with E-state index in [1.54, 1.807) is 24.3 Å². The van der Waals surface area contributed by atoms with Crippen LogP contribution in [0.1, 0.15) is 31.1 Å². The van der Waals surface area contributed by atoms with Gasteiger partial charge >= 0.3 is 5.97 Å². The summed E-state index contributed by atoms with van der Waals surface area (Å²) < 4.78 is 0. The predicted octanol–water partition coefficient (Wildman–Crippen LogP) is 6.60. The van der Waals surface area contributed by atoms with Crippen LogP contribution in [0.25, 0.3) is 22.3 Å². The predicted molar refractivity (Wildman–Crippen MR) is 146 cm³/mol. The lowest BCUT2D eigenvalue weighted by atomic mass is 9.97. The Morgan fingerprint density at radius 3 is 1.42 bits per heavy atom. The SMILES string of the molecule is O=C(O)c1ccc(N(C(=O)c2ccccc2-c2ccccc2)C(=O)c2ccccc2-c2ccccc2)nc1. The smallest absolute Gasteiger partial charge is 0.337 e. The molecule has 0 aliphatic heterocycles. The van der Waals surface area contributed by atoms with Crippen LogP contribution in [0, 0.1) is 0 Å². The van der Waals surface area contributed by atoms with Crippen LogP contribution in [-0.2, 0) is 0 Å². The van der Waals surface area contributed by atoms with Crippen LogP contribution in [0.2, 0.25) is 0 Å². The normalized spacial score (nSPS) is 10.5. The summed E-state index contributed by atoms with van der Waals surface area (Å²) in [4.78, 5) is 45.0. The molecule has 6 heteroatoms. The largest absolute Gasteiger partial charge is 0.478 e. The number of carbonyl (C=O) groups is 3. The number of anilines is 1. The van der Waals surface area contributed by atoms with Crippen molar-refractivity contribution >= 4 is 23.6 Å². The van der Waals surface area contributed by atoms with E-state index >= 15 is 0 Å². The van der Waals surface area contributed by atoms with E-state index in [0.29, 0.717) is 22.3 Å². The summed E-state index contributed by atoms with van der Waals surface area (Å²) in [5.41, 5.74) is 3.54. The van der Waals surface area contributed by atoms with Gasteiger partial charge in [0, 0.05) is 17.3 Å².